The zero-order chi connectivity index (χ0) is 25.1. The number of Topliss-reactive ketones (excluding diaryl/α,β-unsaturated/α-hetero) is 1. The number of aryl methyl sites for hydroxylation is 1. The van der Waals surface area contributed by atoms with Gasteiger partial charge in [-0.1, -0.05) is 11.8 Å². The van der Waals surface area contributed by atoms with E-state index in [2.05, 4.69) is 0 Å². The van der Waals surface area contributed by atoms with Gasteiger partial charge in [0.2, 0.25) is 5.78 Å². The molecule has 4 rings (SSSR count). The number of hydrogen-bond acceptors (Lipinski definition) is 6. The van der Waals surface area contributed by atoms with Gasteiger partial charge in [0.1, 0.15) is 30.7 Å². The molecule has 0 radical (unpaired) electrons. The molecule has 9 heteroatoms. The van der Waals surface area contributed by atoms with Gasteiger partial charge in [0.15, 0.2) is 11.6 Å². The summed E-state index contributed by atoms with van der Waals surface area (Å²) in [6.07, 6.45) is 0.413. The number of ketones is 1. The molecular weight excluding hydrogens is 455 g/mol. The van der Waals surface area contributed by atoms with Crippen LogP contribution >= 0.6 is 0 Å². The Labute approximate surface area is 203 Å². The molecule has 8 nitrogen and oxygen atoms in total. The first-order chi connectivity index (χ1) is 16.8. The summed E-state index contributed by atoms with van der Waals surface area (Å²) in [5, 5.41) is 13.4. The number of benzene rings is 1. The van der Waals surface area contributed by atoms with Crippen molar-refractivity contribution in [3.63, 3.8) is 0 Å². The van der Waals surface area contributed by atoms with Gasteiger partial charge < -0.3 is 28.8 Å². The summed E-state index contributed by atoms with van der Waals surface area (Å²) >= 11 is 0. The first-order valence-electron chi connectivity index (χ1n) is 12.0. The van der Waals surface area contributed by atoms with Gasteiger partial charge in [0.05, 0.1) is 25.9 Å². The molecule has 0 saturated carbocycles. The third-order valence-corrected chi connectivity index (χ3v) is 6.25. The van der Waals surface area contributed by atoms with E-state index < -0.39 is 29.3 Å². The van der Waals surface area contributed by atoms with Gasteiger partial charge in [-0.2, -0.15) is 0 Å². The number of carbonyl (C=O) groups is 2. The van der Waals surface area contributed by atoms with Crippen molar-refractivity contribution in [1.29, 1.82) is 0 Å². The van der Waals surface area contributed by atoms with Crippen molar-refractivity contribution in [2.45, 2.75) is 39.3 Å². The summed E-state index contributed by atoms with van der Waals surface area (Å²) in [4.78, 5) is 28.8. The van der Waals surface area contributed by atoms with Crippen LogP contribution in [-0.2, 0) is 14.3 Å². The maximum absolute atomic E-state index is 14.6. The number of furan rings is 1. The first-order valence-corrected chi connectivity index (χ1v) is 12.0. The van der Waals surface area contributed by atoms with E-state index in [9.17, 15) is 19.1 Å². The summed E-state index contributed by atoms with van der Waals surface area (Å²) in [6.45, 7) is 9.59. The average molecular weight is 487 g/mol. The zero-order valence-corrected chi connectivity index (χ0v) is 20.3. The van der Waals surface area contributed by atoms with E-state index in [1.165, 1.54) is 21.9 Å². The second-order valence-corrected chi connectivity index (χ2v) is 9.20. The van der Waals surface area contributed by atoms with Gasteiger partial charge in [0.25, 0.3) is 5.91 Å². The summed E-state index contributed by atoms with van der Waals surface area (Å²) in [5.41, 5.74) is -0.248. The summed E-state index contributed by atoms with van der Waals surface area (Å²) in [5.74, 6) is -2.08. The molecule has 1 unspecified atom stereocenters. The van der Waals surface area contributed by atoms with Crippen LogP contribution in [-0.4, -0.2) is 62.1 Å². The van der Waals surface area contributed by atoms with Crippen LogP contribution in [0.1, 0.15) is 43.4 Å². The Bertz CT molecular complexity index is 1120. The number of halogens is 1. The summed E-state index contributed by atoms with van der Waals surface area (Å²) < 4.78 is 31.1. The monoisotopic (exact) mass is 486 g/mol. The highest BCUT2D eigenvalue weighted by atomic mass is 19.1. The molecule has 1 N–H and O–H groups in total. The Morgan fingerprint density at radius 1 is 1.23 bits per heavy atom. The standard InChI is InChI=1S/C26H31FN2O6/c1-16(2)34-20-8-6-18(15-19(20)27)24(30)22-23(21-7-5-17(3)35-21)29(26(32)25(22)31)10-4-9-28-11-13-33-14-12-28/h5-8,15-16,23,30H,4,9-14H2,1-3H3. The molecule has 0 spiro atoms. The van der Waals surface area contributed by atoms with E-state index in [-0.39, 0.29) is 23.0 Å². The SMILES string of the molecule is Cc1ccc(C2C(=C([O-])c3ccc(OC(C)C)c(F)c3)C(=O)C(=O)N2CCC[NH+]2CCOCC2)o1. The van der Waals surface area contributed by atoms with E-state index in [0.717, 1.165) is 25.7 Å². The fourth-order valence-electron chi connectivity index (χ4n) is 4.55. The van der Waals surface area contributed by atoms with Crippen LogP contribution in [0.2, 0.25) is 0 Å². The number of rotatable bonds is 8. The molecule has 0 bridgehead atoms. The molecular formula is C26H31FN2O6. The van der Waals surface area contributed by atoms with Crippen molar-refractivity contribution in [1.82, 2.24) is 4.90 Å². The van der Waals surface area contributed by atoms with Crippen molar-refractivity contribution in [3.8, 4) is 5.75 Å². The molecule has 2 aliphatic rings. The Kier molecular flexibility index (Phi) is 7.57. The molecule has 2 aliphatic heterocycles. The minimum atomic E-state index is -0.953. The van der Waals surface area contributed by atoms with E-state index >= 15 is 0 Å². The normalized spacial score (nSPS) is 20.7. The highest BCUT2D eigenvalue weighted by molar-refractivity contribution is 6.46. The van der Waals surface area contributed by atoms with Gasteiger partial charge in [-0.3, -0.25) is 9.59 Å². The van der Waals surface area contributed by atoms with Crippen LogP contribution in [0.3, 0.4) is 0 Å². The maximum Gasteiger partial charge on any atom is 0.295 e. The Morgan fingerprint density at radius 3 is 2.60 bits per heavy atom. The number of morpholine rings is 1. The lowest BCUT2D eigenvalue weighted by molar-refractivity contribution is -0.908. The van der Waals surface area contributed by atoms with Gasteiger partial charge in [0, 0.05) is 18.5 Å². The second-order valence-electron chi connectivity index (χ2n) is 9.20. The highest BCUT2D eigenvalue weighted by Gasteiger charge is 2.45. The topological polar surface area (TPSA) is 96.5 Å². The van der Waals surface area contributed by atoms with Gasteiger partial charge in [-0.05, 0) is 50.6 Å². The molecule has 1 aromatic carbocycles. The number of hydrogen-bond donors (Lipinski definition) is 1. The molecule has 0 aliphatic carbocycles. The molecule has 1 atom stereocenters. The fourth-order valence-corrected chi connectivity index (χ4v) is 4.55. The molecule has 3 heterocycles. The van der Waals surface area contributed by atoms with Crippen molar-refractivity contribution in [3.05, 3.63) is 58.8 Å². The van der Waals surface area contributed by atoms with Gasteiger partial charge >= 0.3 is 0 Å². The summed E-state index contributed by atoms with van der Waals surface area (Å²) in [7, 11) is 0. The quantitative estimate of drug-likeness (QED) is 0.340. The number of quaternary nitrogens is 1. The molecule has 1 aromatic heterocycles. The fraction of sp³-hybridized carbons (Fsp3) is 0.462. The Balaban J connectivity index is 1.65. The van der Waals surface area contributed by atoms with Crippen molar-refractivity contribution in [2.75, 3.05) is 39.4 Å². The van der Waals surface area contributed by atoms with Crippen molar-refractivity contribution < 1.29 is 37.9 Å². The van der Waals surface area contributed by atoms with Crippen LogP contribution in [0.5, 0.6) is 5.75 Å². The third-order valence-electron chi connectivity index (χ3n) is 6.25. The number of amides is 1. The number of carbonyl (C=O) groups excluding carboxylic acids is 2. The Morgan fingerprint density at radius 2 is 1.97 bits per heavy atom. The molecule has 2 aromatic rings. The van der Waals surface area contributed by atoms with Crippen LogP contribution in [0.25, 0.3) is 5.76 Å². The summed E-state index contributed by atoms with van der Waals surface area (Å²) in [6, 6.07) is 6.24. The highest BCUT2D eigenvalue weighted by Crippen LogP contribution is 2.39. The van der Waals surface area contributed by atoms with Crippen LogP contribution in [0.15, 0.2) is 40.3 Å². The number of ether oxygens (including phenoxy) is 2. The smallest absolute Gasteiger partial charge is 0.295 e. The van der Waals surface area contributed by atoms with Gasteiger partial charge in [-0.25, -0.2) is 4.39 Å². The van der Waals surface area contributed by atoms with E-state index in [0.29, 0.717) is 37.7 Å². The van der Waals surface area contributed by atoms with E-state index in [1.54, 1.807) is 32.9 Å². The number of likely N-dealkylation sites (tertiary alicyclic amines) is 1. The molecule has 2 saturated heterocycles. The van der Waals surface area contributed by atoms with E-state index in [1.807, 2.05) is 0 Å². The van der Waals surface area contributed by atoms with Crippen LogP contribution in [0.4, 0.5) is 4.39 Å². The number of nitrogens with one attached hydrogen (secondary N) is 1. The zero-order valence-electron chi connectivity index (χ0n) is 20.3. The molecule has 188 valence electrons. The lowest BCUT2D eigenvalue weighted by atomic mass is 9.99. The maximum atomic E-state index is 14.6. The predicted octanol–water partition coefficient (Wildman–Crippen LogP) is 1.04. The first kappa shape index (κ1) is 24.9. The average Bonchev–Trinajstić information content (AvgIpc) is 3.36. The molecule has 1 amide bonds. The lowest BCUT2D eigenvalue weighted by Crippen LogP contribution is -3.14. The van der Waals surface area contributed by atoms with Crippen LogP contribution in [0, 0.1) is 12.7 Å². The van der Waals surface area contributed by atoms with Crippen LogP contribution < -0.4 is 14.7 Å². The van der Waals surface area contributed by atoms with Crippen molar-refractivity contribution in [2.24, 2.45) is 0 Å². The third kappa shape index (κ3) is 5.41. The molecule has 35 heavy (non-hydrogen) atoms. The second kappa shape index (κ2) is 10.6. The number of nitrogens with zero attached hydrogens (tertiary/aromatic N) is 1. The van der Waals surface area contributed by atoms with Gasteiger partial charge in [-0.15, -0.1) is 0 Å². The predicted molar refractivity (Wildman–Crippen MR) is 123 cm³/mol. The minimum Gasteiger partial charge on any atom is -0.872 e. The largest absolute Gasteiger partial charge is 0.872 e. The Hall–Kier alpha value is -3.17. The minimum absolute atomic E-state index is 0.0147. The van der Waals surface area contributed by atoms with Crippen molar-refractivity contribution >= 4 is 17.4 Å². The lowest BCUT2D eigenvalue weighted by Gasteiger charge is -2.27. The molecule has 2 fully saturated rings. The van der Waals surface area contributed by atoms with E-state index in [4.69, 9.17) is 13.9 Å².